The summed E-state index contributed by atoms with van der Waals surface area (Å²) in [6.45, 7) is 7.34. The zero-order valence-corrected chi connectivity index (χ0v) is 16.7. The van der Waals surface area contributed by atoms with Crippen LogP contribution in [0.15, 0.2) is 22.7 Å². The van der Waals surface area contributed by atoms with Gasteiger partial charge in [-0.1, -0.05) is 0 Å². The molecule has 0 saturated carbocycles. The van der Waals surface area contributed by atoms with E-state index in [9.17, 15) is 9.59 Å². The topological polar surface area (TPSA) is 90.7 Å². The quantitative estimate of drug-likeness (QED) is 0.806. The summed E-state index contributed by atoms with van der Waals surface area (Å²) in [5.74, 6) is 0.542. The summed E-state index contributed by atoms with van der Waals surface area (Å²) in [5, 5.41) is 7.16. The van der Waals surface area contributed by atoms with Crippen molar-refractivity contribution in [3.05, 3.63) is 29.8 Å². The molecule has 0 radical (unpaired) electrons. The molecule has 4 saturated heterocycles. The lowest BCUT2D eigenvalue weighted by atomic mass is 9.79. The van der Waals surface area contributed by atoms with Crippen molar-refractivity contribution in [2.75, 3.05) is 39.3 Å². The van der Waals surface area contributed by atoms with Crippen molar-refractivity contribution < 1.29 is 14.0 Å². The number of nitrogens with one attached hydrogen (secondary N) is 2. The molecule has 2 atom stereocenters. The Morgan fingerprint density at radius 2 is 1.93 bits per heavy atom. The number of carbonyl (C=O) groups is 2. The third-order valence-electron chi connectivity index (χ3n) is 6.72. The number of pyridine rings is 1. The summed E-state index contributed by atoms with van der Waals surface area (Å²) in [7, 11) is 0. The molecule has 8 nitrogen and oxygen atoms in total. The minimum absolute atomic E-state index is 0.116. The van der Waals surface area contributed by atoms with Crippen molar-refractivity contribution in [1.29, 1.82) is 0 Å². The maximum Gasteiger partial charge on any atom is 0.289 e. The third kappa shape index (κ3) is 3.40. The van der Waals surface area contributed by atoms with Gasteiger partial charge in [0.25, 0.3) is 11.8 Å². The van der Waals surface area contributed by atoms with Crippen LogP contribution in [0.1, 0.15) is 40.8 Å². The van der Waals surface area contributed by atoms with Crippen molar-refractivity contribution in [3.8, 4) is 0 Å². The first-order valence-electron chi connectivity index (χ1n) is 10.5. The number of rotatable bonds is 3. The van der Waals surface area contributed by atoms with Gasteiger partial charge in [-0.3, -0.25) is 19.5 Å². The van der Waals surface area contributed by atoms with Crippen LogP contribution in [0, 0.1) is 5.92 Å². The second-order valence-electron chi connectivity index (χ2n) is 8.37. The average molecular weight is 397 g/mol. The van der Waals surface area contributed by atoms with Crippen molar-refractivity contribution in [1.82, 2.24) is 25.4 Å². The molecule has 6 rings (SSSR count). The first kappa shape index (κ1) is 18.6. The van der Waals surface area contributed by atoms with Crippen LogP contribution < -0.4 is 10.6 Å². The highest BCUT2D eigenvalue weighted by Crippen LogP contribution is 2.32. The zero-order valence-electron chi connectivity index (χ0n) is 16.7. The van der Waals surface area contributed by atoms with Crippen molar-refractivity contribution in [2.24, 2.45) is 5.92 Å². The van der Waals surface area contributed by atoms with Crippen molar-refractivity contribution in [2.45, 2.75) is 31.8 Å². The lowest BCUT2D eigenvalue weighted by molar-refractivity contribution is 0.0216. The first-order valence-corrected chi connectivity index (χ1v) is 10.5. The fourth-order valence-corrected chi connectivity index (χ4v) is 4.96. The number of aromatic nitrogens is 1. The molecule has 8 heteroatoms. The molecule has 2 unspecified atom stereocenters. The van der Waals surface area contributed by atoms with Crippen LogP contribution in [0.5, 0.6) is 0 Å². The fourth-order valence-electron chi connectivity index (χ4n) is 4.96. The molecule has 0 spiro atoms. The van der Waals surface area contributed by atoms with Gasteiger partial charge in [-0.05, 0) is 44.8 Å². The molecule has 2 aromatic heterocycles. The van der Waals surface area contributed by atoms with E-state index in [1.165, 1.54) is 0 Å². The number of carbonyl (C=O) groups excluding carboxylic acids is 2. The van der Waals surface area contributed by atoms with Crippen LogP contribution in [0.2, 0.25) is 0 Å². The molecule has 2 amide bonds. The van der Waals surface area contributed by atoms with Crippen LogP contribution in [0.25, 0.3) is 11.0 Å². The summed E-state index contributed by atoms with van der Waals surface area (Å²) < 4.78 is 5.79. The van der Waals surface area contributed by atoms with Gasteiger partial charge in [0.05, 0.1) is 0 Å². The Morgan fingerprint density at radius 1 is 1.17 bits per heavy atom. The van der Waals surface area contributed by atoms with Crippen LogP contribution >= 0.6 is 0 Å². The molecular formula is C21H27N5O3. The third-order valence-corrected chi connectivity index (χ3v) is 6.72. The molecule has 2 N–H and O–H groups in total. The number of hydrogen-bond donors (Lipinski definition) is 2. The maximum absolute atomic E-state index is 12.9. The largest absolute Gasteiger partial charge is 0.451 e. The first-order chi connectivity index (χ1) is 14.1. The molecule has 6 heterocycles. The number of fused-ring (bicyclic) bond motifs is 4. The monoisotopic (exact) mass is 397 g/mol. The van der Waals surface area contributed by atoms with E-state index in [-0.39, 0.29) is 17.9 Å². The predicted octanol–water partition coefficient (Wildman–Crippen LogP) is 1.09. The highest BCUT2D eigenvalue weighted by molar-refractivity contribution is 5.98. The molecule has 154 valence electrons. The smallest absolute Gasteiger partial charge is 0.289 e. The van der Waals surface area contributed by atoms with E-state index >= 15 is 0 Å². The molecule has 2 bridgehead atoms. The highest BCUT2D eigenvalue weighted by Gasteiger charge is 2.40. The Hall–Kier alpha value is -2.45. The Bertz CT molecular complexity index is 926. The average Bonchev–Trinajstić information content (AvgIpc) is 3.20. The maximum atomic E-state index is 12.9. The van der Waals surface area contributed by atoms with Crippen LogP contribution in [0.3, 0.4) is 0 Å². The lowest BCUT2D eigenvalue weighted by Crippen LogP contribution is -2.62. The van der Waals surface area contributed by atoms with Gasteiger partial charge in [-0.2, -0.15) is 0 Å². The van der Waals surface area contributed by atoms with E-state index in [0.717, 1.165) is 44.4 Å². The normalized spacial score (nSPS) is 29.2. The number of amides is 2. The number of piperazine rings is 1. The van der Waals surface area contributed by atoms with E-state index in [1.54, 1.807) is 23.2 Å². The minimum atomic E-state index is -0.177. The summed E-state index contributed by atoms with van der Waals surface area (Å²) >= 11 is 0. The fraction of sp³-hybridized carbons (Fsp3) is 0.571. The SMILES string of the molecule is CC1C(NC(=O)c2cc3oc(C(=O)N4CCNCC4)cc3cn2)C2CCN1CC2. The van der Waals surface area contributed by atoms with Crippen LogP contribution in [0.4, 0.5) is 0 Å². The summed E-state index contributed by atoms with van der Waals surface area (Å²) in [6, 6.07) is 3.86. The van der Waals surface area contributed by atoms with Crippen LogP contribution in [-0.2, 0) is 0 Å². The Balaban J connectivity index is 1.33. The highest BCUT2D eigenvalue weighted by atomic mass is 16.3. The molecule has 4 aliphatic rings. The van der Waals surface area contributed by atoms with Crippen molar-refractivity contribution in [3.63, 3.8) is 0 Å². The Kier molecular flexibility index (Phi) is 4.75. The number of furan rings is 1. The van der Waals surface area contributed by atoms with Gasteiger partial charge in [0.2, 0.25) is 0 Å². The minimum Gasteiger partial charge on any atom is -0.451 e. The second kappa shape index (κ2) is 7.42. The number of hydrogen-bond acceptors (Lipinski definition) is 6. The zero-order chi connectivity index (χ0) is 20.0. The van der Waals surface area contributed by atoms with E-state index in [4.69, 9.17) is 4.42 Å². The number of nitrogens with zero attached hydrogens (tertiary/aromatic N) is 3. The van der Waals surface area contributed by atoms with E-state index < -0.39 is 0 Å². The second-order valence-corrected chi connectivity index (χ2v) is 8.37. The standard InChI is InChI=1S/C21H27N5O3/c1-13-19(14-2-6-25(13)7-3-14)24-20(27)16-11-17-15(12-23-16)10-18(29-17)21(28)26-8-4-22-5-9-26/h10-14,19,22H,2-9H2,1H3,(H,24,27). The van der Waals surface area contributed by atoms with E-state index in [2.05, 4.69) is 27.4 Å². The van der Waals surface area contributed by atoms with Gasteiger partial charge in [0, 0.05) is 55.9 Å². The number of piperidine rings is 3. The van der Waals surface area contributed by atoms with E-state index in [0.29, 0.717) is 42.1 Å². The Labute approximate surface area is 169 Å². The van der Waals surface area contributed by atoms with Crippen LogP contribution in [-0.4, -0.2) is 78.0 Å². The molecule has 29 heavy (non-hydrogen) atoms. The van der Waals surface area contributed by atoms with Gasteiger partial charge < -0.3 is 20.0 Å². The molecule has 0 aromatic carbocycles. The Morgan fingerprint density at radius 3 is 2.66 bits per heavy atom. The van der Waals surface area contributed by atoms with E-state index in [1.807, 2.05) is 0 Å². The van der Waals surface area contributed by atoms with Gasteiger partial charge >= 0.3 is 0 Å². The van der Waals surface area contributed by atoms with Gasteiger partial charge in [-0.15, -0.1) is 0 Å². The molecule has 0 aliphatic carbocycles. The predicted molar refractivity (Wildman–Crippen MR) is 108 cm³/mol. The van der Waals surface area contributed by atoms with Gasteiger partial charge in [0.1, 0.15) is 11.3 Å². The van der Waals surface area contributed by atoms with Gasteiger partial charge in [0.15, 0.2) is 5.76 Å². The van der Waals surface area contributed by atoms with Gasteiger partial charge in [-0.25, -0.2) is 0 Å². The molecule has 2 aromatic rings. The molecular weight excluding hydrogens is 370 g/mol. The molecule has 4 fully saturated rings. The van der Waals surface area contributed by atoms with Crippen molar-refractivity contribution >= 4 is 22.8 Å². The molecule has 4 aliphatic heterocycles. The summed E-state index contributed by atoms with van der Waals surface area (Å²) in [6.07, 6.45) is 3.89. The summed E-state index contributed by atoms with van der Waals surface area (Å²) in [5.41, 5.74) is 0.849. The summed E-state index contributed by atoms with van der Waals surface area (Å²) in [4.78, 5) is 34.1. The lowest BCUT2D eigenvalue weighted by Gasteiger charge is -2.49.